The van der Waals surface area contributed by atoms with Gasteiger partial charge in [-0.2, -0.15) is 0 Å². The predicted octanol–water partition coefficient (Wildman–Crippen LogP) is 1.10. The molecule has 0 heterocycles. The normalized spacial score (nSPS) is 24.3. The van der Waals surface area contributed by atoms with Crippen LogP contribution < -0.4 is 10.5 Å². The van der Waals surface area contributed by atoms with Crippen LogP contribution in [0.1, 0.15) is 25.7 Å². The number of benzene rings is 1. The second-order valence-electron chi connectivity index (χ2n) is 5.06. The lowest BCUT2D eigenvalue weighted by atomic mass is 9.88. The molecule has 19 heavy (non-hydrogen) atoms. The Morgan fingerprint density at radius 3 is 2.47 bits per heavy atom. The topological polar surface area (TPSA) is 92.4 Å². The van der Waals surface area contributed by atoms with Crippen LogP contribution in [0.15, 0.2) is 29.2 Å². The van der Waals surface area contributed by atoms with Crippen LogP contribution >= 0.6 is 0 Å². The van der Waals surface area contributed by atoms with Crippen molar-refractivity contribution in [2.24, 2.45) is 5.92 Å². The predicted molar refractivity (Wildman–Crippen MR) is 74.0 cm³/mol. The van der Waals surface area contributed by atoms with Crippen molar-refractivity contribution in [1.29, 1.82) is 0 Å². The molecule has 1 aliphatic rings. The average molecular weight is 284 g/mol. The monoisotopic (exact) mass is 284 g/mol. The number of nitrogens with two attached hydrogens (primary N) is 1. The smallest absolute Gasteiger partial charge is 0.242 e. The van der Waals surface area contributed by atoms with E-state index in [4.69, 9.17) is 5.73 Å². The zero-order valence-corrected chi connectivity index (χ0v) is 11.6. The van der Waals surface area contributed by atoms with Gasteiger partial charge in [-0.3, -0.25) is 0 Å². The van der Waals surface area contributed by atoms with E-state index >= 15 is 0 Å². The summed E-state index contributed by atoms with van der Waals surface area (Å²) in [7, 11) is -3.54. The Hall–Kier alpha value is -1.11. The third-order valence-electron chi connectivity index (χ3n) is 3.59. The zero-order valence-electron chi connectivity index (χ0n) is 10.7. The van der Waals surface area contributed by atoms with Gasteiger partial charge in [-0.05, 0) is 43.7 Å². The molecule has 1 aromatic rings. The molecule has 1 saturated carbocycles. The molecule has 1 fully saturated rings. The molecule has 0 atom stereocenters. The standard InChI is InChI=1S/C13H20N2O3S/c14-12-3-1-2-4-13(12)19(17,18)15-9-10-5-7-11(16)8-6-10/h1-4,10-11,15-16H,5-9,14H2. The van der Waals surface area contributed by atoms with Crippen molar-refractivity contribution >= 4 is 15.7 Å². The molecule has 1 aliphatic carbocycles. The van der Waals surface area contributed by atoms with Gasteiger partial charge in [-0.15, -0.1) is 0 Å². The number of para-hydroxylation sites is 1. The molecule has 6 heteroatoms. The molecule has 1 aromatic carbocycles. The van der Waals surface area contributed by atoms with Gasteiger partial charge in [0.2, 0.25) is 10.0 Å². The Balaban J connectivity index is 1.97. The Labute approximate surface area is 113 Å². The van der Waals surface area contributed by atoms with Gasteiger partial charge in [0, 0.05) is 6.54 Å². The van der Waals surface area contributed by atoms with E-state index in [0.717, 1.165) is 25.7 Å². The Kier molecular flexibility index (Phi) is 4.44. The van der Waals surface area contributed by atoms with Crippen LogP contribution in [0, 0.1) is 5.92 Å². The zero-order chi connectivity index (χ0) is 13.9. The fourth-order valence-corrected chi connectivity index (χ4v) is 3.63. The molecule has 0 spiro atoms. The molecular weight excluding hydrogens is 264 g/mol. The first-order valence-corrected chi connectivity index (χ1v) is 7.99. The maximum atomic E-state index is 12.1. The highest BCUT2D eigenvalue weighted by Gasteiger charge is 2.22. The number of hydrogen-bond acceptors (Lipinski definition) is 4. The summed E-state index contributed by atoms with van der Waals surface area (Å²) < 4.78 is 26.9. The lowest BCUT2D eigenvalue weighted by molar-refractivity contribution is 0.110. The number of nitrogen functional groups attached to an aromatic ring is 1. The van der Waals surface area contributed by atoms with Gasteiger partial charge in [-0.25, -0.2) is 13.1 Å². The third kappa shape index (κ3) is 3.68. The van der Waals surface area contributed by atoms with Crippen LogP contribution in [-0.2, 0) is 10.0 Å². The van der Waals surface area contributed by atoms with Gasteiger partial charge >= 0.3 is 0 Å². The Bertz CT molecular complexity index is 522. The van der Waals surface area contributed by atoms with E-state index in [1.54, 1.807) is 18.2 Å². The minimum absolute atomic E-state index is 0.130. The SMILES string of the molecule is Nc1ccccc1S(=O)(=O)NCC1CCC(O)CC1. The Morgan fingerprint density at radius 1 is 1.21 bits per heavy atom. The van der Waals surface area contributed by atoms with Gasteiger partial charge in [0.05, 0.1) is 11.8 Å². The molecule has 2 rings (SSSR count). The van der Waals surface area contributed by atoms with Gasteiger partial charge in [-0.1, -0.05) is 12.1 Å². The molecule has 0 saturated heterocycles. The molecule has 106 valence electrons. The van der Waals surface area contributed by atoms with Crippen molar-refractivity contribution in [1.82, 2.24) is 4.72 Å². The quantitative estimate of drug-likeness (QED) is 0.722. The molecule has 0 aliphatic heterocycles. The van der Waals surface area contributed by atoms with Crippen LogP contribution in [0.4, 0.5) is 5.69 Å². The molecule has 5 nitrogen and oxygen atoms in total. The summed E-state index contributed by atoms with van der Waals surface area (Å²) >= 11 is 0. The highest BCUT2D eigenvalue weighted by molar-refractivity contribution is 7.89. The van der Waals surface area contributed by atoms with Crippen molar-refractivity contribution in [3.05, 3.63) is 24.3 Å². The van der Waals surface area contributed by atoms with Crippen LogP contribution in [0.2, 0.25) is 0 Å². The molecular formula is C13H20N2O3S. The average Bonchev–Trinajstić information content (AvgIpc) is 2.38. The number of hydrogen-bond donors (Lipinski definition) is 3. The van der Waals surface area contributed by atoms with Gasteiger partial charge in [0.15, 0.2) is 0 Å². The lowest BCUT2D eigenvalue weighted by Crippen LogP contribution is -2.32. The fraction of sp³-hybridized carbons (Fsp3) is 0.538. The highest BCUT2D eigenvalue weighted by Crippen LogP contribution is 2.24. The Morgan fingerprint density at radius 2 is 1.84 bits per heavy atom. The van der Waals surface area contributed by atoms with E-state index in [9.17, 15) is 13.5 Å². The number of rotatable bonds is 4. The molecule has 0 unspecified atom stereocenters. The first-order chi connectivity index (χ1) is 8.99. The fourth-order valence-electron chi connectivity index (χ4n) is 2.38. The van der Waals surface area contributed by atoms with Crippen LogP contribution in [0.3, 0.4) is 0 Å². The summed E-state index contributed by atoms with van der Waals surface area (Å²) in [5.74, 6) is 0.295. The summed E-state index contributed by atoms with van der Waals surface area (Å²) in [6.07, 6.45) is 2.99. The van der Waals surface area contributed by atoms with E-state index in [-0.39, 0.29) is 16.7 Å². The maximum absolute atomic E-state index is 12.1. The van der Waals surface area contributed by atoms with Crippen LogP contribution in [0.5, 0.6) is 0 Å². The van der Waals surface area contributed by atoms with Gasteiger partial charge in [0.25, 0.3) is 0 Å². The van der Waals surface area contributed by atoms with Crippen molar-refractivity contribution in [2.45, 2.75) is 36.7 Å². The molecule has 0 radical (unpaired) electrons. The largest absolute Gasteiger partial charge is 0.398 e. The van der Waals surface area contributed by atoms with Crippen molar-refractivity contribution in [3.8, 4) is 0 Å². The second kappa shape index (κ2) is 5.90. The van der Waals surface area contributed by atoms with Crippen molar-refractivity contribution < 1.29 is 13.5 Å². The van der Waals surface area contributed by atoms with Crippen molar-refractivity contribution in [2.75, 3.05) is 12.3 Å². The molecule has 0 aromatic heterocycles. The van der Waals surface area contributed by atoms with E-state index in [1.807, 2.05) is 0 Å². The molecule has 0 bridgehead atoms. The number of sulfonamides is 1. The summed E-state index contributed by atoms with van der Waals surface area (Å²) in [4.78, 5) is 0.130. The summed E-state index contributed by atoms with van der Waals surface area (Å²) in [5.41, 5.74) is 5.94. The second-order valence-corrected chi connectivity index (χ2v) is 6.80. The first kappa shape index (κ1) is 14.3. The summed E-state index contributed by atoms with van der Waals surface area (Å²) in [6, 6.07) is 6.44. The minimum Gasteiger partial charge on any atom is -0.398 e. The molecule has 4 N–H and O–H groups in total. The number of anilines is 1. The lowest BCUT2D eigenvalue weighted by Gasteiger charge is -2.25. The summed E-state index contributed by atoms with van der Waals surface area (Å²) in [6.45, 7) is 0.406. The van der Waals surface area contributed by atoms with Gasteiger partial charge in [0.1, 0.15) is 4.90 Å². The highest BCUT2D eigenvalue weighted by atomic mass is 32.2. The van der Waals surface area contributed by atoms with Crippen LogP contribution in [0.25, 0.3) is 0 Å². The molecule has 0 amide bonds. The number of aliphatic hydroxyl groups is 1. The summed E-state index contributed by atoms with van der Waals surface area (Å²) in [5, 5.41) is 9.41. The van der Waals surface area contributed by atoms with Crippen LogP contribution in [-0.4, -0.2) is 26.2 Å². The first-order valence-electron chi connectivity index (χ1n) is 6.51. The van der Waals surface area contributed by atoms with Crippen molar-refractivity contribution in [3.63, 3.8) is 0 Å². The third-order valence-corrected chi connectivity index (χ3v) is 5.08. The maximum Gasteiger partial charge on any atom is 0.242 e. The van der Waals surface area contributed by atoms with E-state index in [1.165, 1.54) is 6.07 Å². The van der Waals surface area contributed by atoms with E-state index in [0.29, 0.717) is 12.5 Å². The number of nitrogens with one attached hydrogen (secondary N) is 1. The van der Waals surface area contributed by atoms with E-state index < -0.39 is 10.0 Å². The minimum atomic E-state index is -3.54. The van der Waals surface area contributed by atoms with Gasteiger partial charge < -0.3 is 10.8 Å². The van der Waals surface area contributed by atoms with E-state index in [2.05, 4.69) is 4.72 Å². The number of aliphatic hydroxyl groups excluding tert-OH is 1.